The number of alkyl halides is 3. The molecule has 0 aliphatic carbocycles. The predicted molar refractivity (Wildman–Crippen MR) is 113 cm³/mol. The standard InChI is InChI=1S/C17H28N4O3S.C2HF3O2/c1-12(2)11-25(23,24)21-8-6-13-10-14(17(22)18-3)16(20(4)5)19-15(13)7-9-21;3-2(4,5)1(6)7/h10,12H,6-9,11H2,1-5H3,(H,18,22);(H,6,7). The molecule has 0 saturated heterocycles. The molecular formula is C19H29F3N4O5S. The predicted octanol–water partition coefficient (Wildman–Crippen LogP) is 1.53. The van der Waals surface area contributed by atoms with Crippen LogP contribution in [0, 0.1) is 5.92 Å². The normalized spacial score (nSPS) is 14.7. The van der Waals surface area contributed by atoms with Crippen molar-refractivity contribution in [1.29, 1.82) is 0 Å². The first-order chi connectivity index (χ1) is 14.6. The Balaban J connectivity index is 0.000000633. The van der Waals surface area contributed by atoms with Gasteiger partial charge in [-0.25, -0.2) is 22.5 Å². The lowest BCUT2D eigenvalue weighted by atomic mass is 10.0. The van der Waals surface area contributed by atoms with Crippen LogP contribution in [0.2, 0.25) is 0 Å². The molecule has 1 aromatic heterocycles. The fourth-order valence-electron chi connectivity index (χ4n) is 3.05. The van der Waals surface area contributed by atoms with Gasteiger partial charge in [0.2, 0.25) is 10.0 Å². The van der Waals surface area contributed by atoms with Gasteiger partial charge in [-0.05, 0) is 24.0 Å². The van der Waals surface area contributed by atoms with Gasteiger partial charge in [-0.2, -0.15) is 13.2 Å². The molecule has 0 atom stereocenters. The van der Waals surface area contributed by atoms with Crippen molar-refractivity contribution in [2.45, 2.75) is 32.9 Å². The van der Waals surface area contributed by atoms with Crippen LogP contribution in [0.5, 0.6) is 0 Å². The zero-order valence-corrected chi connectivity index (χ0v) is 19.5. The molecule has 0 spiro atoms. The summed E-state index contributed by atoms with van der Waals surface area (Å²) in [5, 5.41) is 9.77. The smallest absolute Gasteiger partial charge is 0.475 e. The van der Waals surface area contributed by atoms with Gasteiger partial charge in [0.15, 0.2) is 0 Å². The molecular weight excluding hydrogens is 453 g/mol. The molecule has 13 heteroatoms. The number of aromatic nitrogens is 1. The number of hydrogen-bond donors (Lipinski definition) is 2. The topological polar surface area (TPSA) is 120 Å². The Kier molecular flexibility index (Phi) is 9.45. The molecule has 1 aliphatic rings. The molecule has 0 aromatic carbocycles. The second-order valence-electron chi connectivity index (χ2n) is 7.81. The van der Waals surface area contributed by atoms with Crippen LogP contribution in [0.4, 0.5) is 19.0 Å². The molecule has 2 N–H and O–H groups in total. The van der Waals surface area contributed by atoms with Gasteiger partial charge in [-0.15, -0.1) is 0 Å². The Hall–Kier alpha value is -2.41. The molecule has 0 bridgehead atoms. The molecule has 1 aromatic rings. The maximum absolute atomic E-state index is 12.5. The summed E-state index contributed by atoms with van der Waals surface area (Å²) in [6.45, 7) is 4.68. The van der Waals surface area contributed by atoms with Gasteiger partial charge in [0, 0.05) is 46.3 Å². The highest BCUT2D eigenvalue weighted by Gasteiger charge is 2.38. The number of sulfonamides is 1. The van der Waals surface area contributed by atoms with E-state index >= 15 is 0 Å². The van der Waals surface area contributed by atoms with Crippen LogP contribution >= 0.6 is 0 Å². The number of fused-ring (bicyclic) bond motifs is 1. The van der Waals surface area contributed by atoms with E-state index in [1.165, 1.54) is 0 Å². The number of anilines is 1. The first-order valence-corrected chi connectivity index (χ1v) is 11.4. The summed E-state index contributed by atoms with van der Waals surface area (Å²) in [6, 6.07) is 1.86. The minimum Gasteiger partial charge on any atom is -0.475 e. The largest absolute Gasteiger partial charge is 0.490 e. The first-order valence-electron chi connectivity index (χ1n) is 9.80. The summed E-state index contributed by atoms with van der Waals surface area (Å²) in [7, 11) is 2.01. The molecule has 32 heavy (non-hydrogen) atoms. The lowest BCUT2D eigenvalue weighted by Gasteiger charge is -2.20. The van der Waals surface area contributed by atoms with E-state index in [1.54, 1.807) is 11.4 Å². The number of nitrogens with zero attached hydrogens (tertiary/aromatic N) is 3. The number of rotatable bonds is 5. The van der Waals surface area contributed by atoms with E-state index < -0.39 is 22.2 Å². The Bertz CT molecular complexity index is 934. The van der Waals surface area contributed by atoms with Crippen LogP contribution in [-0.4, -0.2) is 80.9 Å². The maximum Gasteiger partial charge on any atom is 0.490 e. The van der Waals surface area contributed by atoms with Crippen molar-refractivity contribution in [1.82, 2.24) is 14.6 Å². The average Bonchev–Trinajstić information content (AvgIpc) is 2.87. The van der Waals surface area contributed by atoms with Gasteiger partial charge in [-0.3, -0.25) is 4.79 Å². The van der Waals surface area contributed by atoms with Crippen LogP contribution in [-0.2, 0) is 27.7 Å². The van der Waals surface area contributed by atoms with E-state index in [-0.39, 0.29) is 17.6 Å². The Morgan fingerprint density at radius 2 is 1.78 bits per heavy atom. The Labute approximate surface area is 185 Å². The molecule has 0 fully saturated rings. The van der Waals surface area contributed by atoms with Gasteiger partial charge in [0.1, 0.15) is 5.82 Å². The molecule has 0 unspecified atom stereocenters. The third kappa shape index (κ3) is 7.62. The molecule has 182 valence electrons. The van der Waals surface area contributed by atoms with Crippen molar-refractivity contribution in [3.05, 3.63) is 22.9 Å². The number of hydrogen-bond acceptors (Lipinski definition) is 6. The van der Waals surface area contributed by atoms with Gasteiger partial charge in [0.05, 0.1) is 11.3 Å². The van der Waals surface area contributed by atoms with E-state index in [9.17, 15) is 26.4 Å². The lowest BCUT2D eigenvalue weighted by molar-refractivity contribution is -0.192. The summed E-state index contributed by atoms with van der Waals surface area (Å²) in [4.78, 5) is 27.5. The van der Waals surface area contributed by atoms with E-state index in [0.29, 0.717) is 37.3 Å². The third-order valence-electron chi connectivity index (χ3n) is 4.47. The van der Waals surface area contributed by atoms with E-state index in [4.69, 9.17) is 9.90 Å². The first kappa shape index (κ1) is 27.6. The van der Waals surface area contributed by atoms with Crippen molar-refractivity contribution in [2.75, 3.05) is 44.9 Å². The number of carboxylic acids is 1. The Morgan fingerprint density at radius 3 is 2.22 bits per heavy atom. The number of carboxylic acid groups (broad SMARTS) is 1. The number of nitrogens with one attached hydrogen (secondary N) is 1. The summed E-state index contributed by atoms with van der Waals surface area (Å²) in [5.74, 6) is -2.09. The van der Waals surface area contributed by atoms with Crippen molar-refractivity contribution in [2.24, 2.45) is 5.92 Å². The molecule has 0 radical (unpaired) electrons. The molecule has 0 saturated carbocycles. The van der Waals surface area contributed by atoms with Gasteiger partial charge >= 0.3 is 12.1 Å². The van der Waals surface area contributed by atoms with Crippen molar-refractivity contribution in [3.8, 4) is 0 Å². The van der Waals surface area contributed by atoms with Crippen LogP contribution in [0.15, 0.2) is 6.07 Å². The van der Waals surface area contributed by atoms with E-state index in [2.05, 4.69) is 10.3 Å². The molecule has 2 rings (SSSR count). The number of amides is 1. The summed E-state index contributed by atoms with van der Waals surface area (Å²) >= 11 is 0. The van der Waals surface area contributed by atoms with Crippen LogP contribution < -0.4 is 10.2 Å². The average molecular weight is 483 g/mol. The van der Waals surface area contributed by atoms with Crippen molar-refractivity contribution in [3.63, 3.8) is 0 Å². The minimum atomic E-state index is -5.08. The van der Waals surface area contributed by atoms with Crippen LogP contribution in [0.3, 0.4) is 0 Å². The quantitative estimate of drug-likeness (QED) is 0.653. The van der Waals surface area contributed by atoms with Gasteiger partial charge in [0.25, 0.3) is 5.91 Å². The second kappa shape index (κ2) is 10.9. The second-order valence-corrected chi connectivity index (χ2v) is 9.83. The number of carbonyl (C=O) groups is 2. The lowest BCUT2D eigenvalue weighted by Crippen LogP contribution is -2.36. The van der Waals surface area contributed by atoms with E-state index in [1.807, 2.05) is 38.9 Å². The summed E-state index contributed by atoms with van der Waals surface area (Å²) in [5.41, 5.74) is 2.34. The monoisotopic (exact) mass is 482 g/mol. The summed E-state index contributed by atoms with van der Waals surface area (Å²) < 4.78 is 58.4. The number of aliphatic carboxylic acids is 1. The third-order valence-corrected chi connectivity index (χ3v) is 6.71. The SMILES string of the molecule is CNC(=O)c1cc2c(nc1N(C)C)CCN(S(=O)(=O)CC(C)C)CC2.O=C(O)C(F)(F)F. The fourth-order valence-corrected chi connectivity index (χ4v) is 4.84. The number of pyridine rings is 1. The van der Waals surface area contributed by atoms with Crippen molar-refractivity contribution < 1.29 is 36.3 Å². The molecule has 9 nitrogen and oxygen atoms in total. The minimum absolute atomic E-state index is 0.0916. The van der Waals surface area contributed by atoms with Crippen molar-refractivity contribution >= 4 is 27.7 Å². The maximum atomic E-state index is 12.5. The number of halogens is 3. The van der Waals surface area contributed by atoms with E-state index in [0.717, 1.165) is 11.3 Å². The highest BCUT2D eigenvalue weighted by molar-refractivity contribution is 7.89. The summed E-state index contributed by atoms with van der Waals surface area (Å²) in [6.07, 6.45) is -3.96. The molecule has 2 heterocycles. The highest BCUT2D eigenvalue weighted by atomic mass is 32.2. The number of carbonyl (C=O) groups excluding carboxylic acids is 1. The molecule has 1 aliphatic heterocycles. The zero-order valence-electron chi connectivity index (χ0n) is 18.7. The van der Waals surface area contributed by atoms with Gasteiger partial charge in [-0.1, -0.05) is 13.8 Å². The highest BCUT2D eigenvalue weighted by Crippen LogP contribution is 2.24. The fraction of sp³-hybridized carbons (Fsp3) is 0.632. The molecule has 1 amide bonds. The Morgan fingerprint density at radius 1 is 1.25 bits per heavy atom. The van der Waals surface area contributed by atoms with Crippen LogP contribution in [0.1, 0.15) is 35.5 Å². The van der Waals surface area contributed by atoms with Gasteiger partial charge < -0.3 is 15.3 Å². The zero-order chi connectivity index (χ0) is 24.9. The van der Waals surface area contributed by atoms with Crippen LogP contribution in [0.25, 0.3) is 0 Å².